The minimum Gasteiger partial charge on any atom is -0.463 e. The summed E-state index contributed by atoms with van der Waals surface area (Å²) in [5.74, 6) is -3.75. The molecule has 2 aromatic rings. The van der Waals surface area contributed by atoms with Gasteiger partial charge in [0.25, 0.3) is 5.91 Å². The molecule has 232 valence electrons. The van der Waals surface area contributed by atoms with Gasteiger partial charge in [-0.2, -0.15) is 0 Å². The van der Waals surface area contributed by atoms with Crippen molar-refractivity contribution in [2.75, 3.05) is 13.2 Å². The molecular weight excluding hydrogens is 559 g/mol. The molecule has 2 heterocycles. The molecule has 3 unspecified atom stereocenters. The molecule has 1 aliphatic rings. The summed E-state index contributed by atoms with van der Waals surface area (Å²) in [6.45, 7) is 7.55. The minimum atomic E-state index is -0.922. The lowest BCUT2D eigenvalue weighted by molar-refractivity contribution is -0.137. The van der Waals surface area contributed by atoms with Crippen LogP contribution in [0.5, 0.6) is 0 Å². The van der Waals surface area contributed by atoms with E-state index in [4.69, 9.17) is 9.26 Å². The molecule has 0 saturated carbocycles. The Morgan fingerprint density at radius 2 is 1.91 bits per heavy atom. The molecule has 3 rings (SSSR count). The van der Waals surface area contributed by atoms with E-state index in [1.165, 1.54) is 42.5 Å². The van der Waals surface area contributed by atoms with E-state index in [9.17, 15) is 28.4 Å². The molecule has 0 aliphatic carbocycles. The van der Waals surface area contributed by atoms with Gasteiger partial charge < -0.3 is 25.2 Å². The predicted octanol–water partition coefficient (Wildman–Crippen LogP) is 2.82. The van der Waals surface area contributed by atoms with Crippen molar-refractivity contribution in [2.24, 2.45) is 17.8 Å². The summed E-state index contributed by atoms with van der Waals surface area (Å²) in [6.07, 6.45) is 3.38. The number of halogens is 1. The van der Waals surface area contributed by atoms with Crippen molar-refractivity contribution in [1.29, 1.82) is 0 Å². The molecule has 1 aromatic heterocycles. The van der Waals surface area contributed by atoms with Crippen molar-refractivity contribution in [3.05, 3.63) is 65.3 Å². The number of benzene rings is 1. The van der Waals surface area contributed by atoms with E-state index in [2.05, 4.69) is 21.1 Å². The molecule has 0 spiro atoms. The summed E-state index contributed by atoms with van der Waals surface area (Å²) in [7, 11) is 0. The summed E-state index contributed by atoms with van der Waals surface area (Å²) < 4.78 is 23.5. The number of hydrogen-bond donors (Lipinski definition) is 3. The number of rotatable bonds is 15. The highest BCUT2D eigenvalue weighted by molar-refractivity contribution is 5.97. The maximum atomic E-state index is 13.7. The van der Waals surface area contributed by atoms with Gasteiger partial charge >= 0.3 is 5.97 Å². The number of ketones is 1. The van der Waals surface area contributed by atoms with Crippen LogP contribution in [-0.4, -0.2) is 59.9 Å². The maximum Gasteiger partial charge on any atom is 0.330 e. The fourth-order valence-corrected chi connectivity index (χ4v) is 4.89. The average Bonchev–Trinajstić information content (AvgIpc) is 3.58. The first-order chi connectivity index (χ1) is 20.5. The number of Topliss-reactive ketones (excluding diaryl/α,β-unsaturated/α-hetero) is 1. The maximum absolute atomic E-state index is 13.7. The Bertz CT molecular complexity index is 1320. The van der Waals surface area contributed by atoms with Crippen LogP contribution in [0.4, 0.5) is 4.39 Å². The smallest absolute Gasteiger partial charge is 0.330 e. The number of nitrogens with one attached hydrogen (secondary N) is 3. The van der Waals surface area contributed by atoms with E-state index >= 15 is 0 Å². The second-order valence-corrected chi connectivity index (χ2v) is 11.0. The SMILES string of the molecule is CCOC(=O)/C=C/C(CC1CCNC1=O)NC(=O)C(CC(=O)[C@@H](NC(=O)c1cc(C)on1)C(C)C)Cc1ccc(F)cc1. The molecule has 43 heavy (non-hydrogen) atoms. The average molecular weight is 599 g/mol. The fourth-order valence-electron chi connectivity index (χ4n) is 4.89. The number of nitrogens with zero attached hydrogens (tertiary/aromatic N) is 1. The van der Waals surface area contributed by atoms with Gasteiger partial charge in [0.15, 0.2) is 11.5 Å². The van der Waals surface area contributed by atoms with Crippen LogP contribution in [0, 0.1) is 30.5 Å². The zero-order chi connectivity index (χ0) is 31.5. The lowest BCUT2D eigenvalue weighted by atomic mass is 9.87. The van der Waals surface area contributed by atoms with Gasteiger partial charge in [0.2, 0.25) is 11.8 Å². The van der Waals surface area contributed by atoms with Crippen LogP contribution >= 0.6 is 0 Å². The molecule has 3 amide bonds. The summed E-state index contributed by atoms with van der Waals surface area (Å²) in [4.78, 5) is 64.3. The van der Waals surface area contributed by atoms with Gasteiger partial charge in [-0.1, -0.05) is 37.2 Å². The molecule has 1 saturated heterocycles. The number of aryl methyl sites for hydroxylation is 1. The largest absolute Gasteiger partial charge is 0.463 e. The Hall–Kier alpha value is -4.35. The van der Waals surface area contributed by atoms with Crippen molar-refractivity contribution in [3.8, 4) is 0 Å². The minimum absolute atomic E-state index is 0.0312. The summed E-state index contributed by atoms with van der Waals surface area (Å²) >= 11 is 0. The second kappa shape index (κ2) is 15.8. The van der Waals surface area contributed by atoms with Crippen LogP contribution in [-0.2, 0) is 30.3 Å². The van der Waals surface area contributed by atoms with Gasteiger partial charge in [-0.05, 0) is 56.7 Å². The second-order valence-electron chi connectivity index (χ2n) is 11.0. The van der Waals surface area contributed by atoms with Crippen molar-refractivity contribution in [3.63, 3.8) is 0 Å². The van der Waals surface area contributed by atoms with E-state index in [-0.39, 0.29) is 55.1 Å². The number of amides is 3. The molecule has 1 aliphatic heterocycles. The topological polar surface area (TPSA) is 157 Å². The van der Waals surface area contributed by atoms with Crippen molar-refractivity contribution < 1.29 is 37.6 Å². The highest BCUT2D eigenvalue weighted by Crippen LogP contribution is 2.21. The normalized spacial score (nSPS) is 16.9. The lowest BCUT2D eigenvalue weighted by Crippen LogP contribution is -2.47. The Labute approximate surface area is 250 Å². The number of ether oxygens (including phenoxy) is 1. The Kier molecular flexibility index (Phi) is 12.2. The first-order valence-electron chi connectivity index (χ1n) is 14.4. The van der Waals surface area contributed by atoms with Crippen LogP contribution in [0.15, 0.2) is 47.0 Å². The monoisotopic (exact) mass is 598 g/mol. The quantitative estimate of drug-likeness (QED) is 0.209. The first kappa shape index (κ1) is 33.2. The van der Waals surface area contributed by atoms with Gasteiger partial charge in [-0.25, -0.2) is 9.18 Å². The Morgan fingerprint density at radius 3 is 2.49 bits per heavy atom. The van der Waals surface area contributed by atoms with Crippen molar-refractivity contribution in [2.45, 2.75) is 65.5 Å². The molecule has 11 nitrogen and oxygen atoms in total. The summed E-state index contributed by atoms with van der Waals surface area (Å²) in [5.41, 5.74) is 0.662. The molecular formula is C31H39FN4O7. The van der Waals surface area contributed by atoms with Gasteiger partial charge in [-0.15, -0.1) is 0 Å². The highest BCUT2D eigenvalue weighted by atomic mass is 19.1. The Morgan fingerprint density at radius 1 is 1.19 bits per heavy atom. The zero-order valence-electron chi connectivity index (χ0n) is 24.9. The van der Waals surface area contributed by atoms with Gasteiger partial charge in [-0.3, -0.25) is 19.2 Å². The van der Waals surface area contributed by atoms with E-state index in [0.29, 0.717) is 24.3 Å². The standard InChI is InChI=1S/C31H39FN4O7/c1-5-42-27(38)11-10-24(16-21-12-13-33-29(21)39)34-30(40)22(15-20-6-8-23(32)9-7-20)17-26(37)28(18(2)3)35-31(41)25-14-19(4)43-36-25/h6-11,14,18,21-22,24,28H,5,12-13,15-17H2,1-4H3,(H,33,39)(H,34,40)(H,35,41)/b11-10+/t21?,22?,24?,28-/m0/s1. The third-order valence-corrected chi connectivity index (χ3v) is 7.15. The van der Waals surface area contributed by atoms with Crippen LogP contribution in [0.3, 0.4) is 0 Å². The van der Waals surface area contributed by atoms with Crippen molar-refractivity contribution in [1.82, 2.24) is 21.1 Å². The number of hydrogen-bond acceptors (Lipinski definition) is 8. The fraction of sp³-hybridized carbons (Fsp3) is 0.484. The van der Waals surface area contributed by atoms with E-state index in [1.54, 1.807) is 27.7 Å². The van der Waals surface area contributed by atoms with Gasteiger partial charge in [0.05, 0.1) is 12.6 Å². The number of esters is 1. The highest BCUT2D eigenvalue weighted by Gasteiger charge is 2.32. The molecule has 1 aromatic carbocycles. The molecule has 0 bridgehead atoms. The number of aromatic nitrogens is 1. The first-order valence-corrected chi connectivity index (χ1v) is 14.4. The van der Waals surface area contributed by atoms with Crippen LogP contribution in [0.25, 0.3) is 0 Å². The Balaban J connectivity index is 1.82. The van der Waals surface area contributed by atoms with E-state index in [0.717, 1.165) is 0 Å². The van der Waals surface area contributed by atoms with Crippen LogP contribution in [0.1, 0.15) is 61.8 Å². The summed E-state index contributed by atoms with van der Waals surface area (Å²) in [5, 5.41) is 12.1. The third kappa shape index (κ3) is 10.2. The number of carbonyl (C=O) groups is 5. The molecule has 12 heteroatoms. The van der Waals surface area contributed by atoms with Gasteiger partial charge in [0, 0.05) is 43.0 Å². The van der Waals surface area contributed by atoms with Crippen molar-refractivity contribution >= 4 is 29.5 Å². The predicted molar refractivity (Wildman–Crippen MR) is 154 cm³/mol. The number of carbonyl (C=O) groups excluding carboxylic acids is 5. The zero-order valence-corrected chi connectivity index (χ0v) is 24.9. The van der Waals surface area contributed by atoms with Gasteiger partial charge in [0.1, 0.15) is 11.6 Å². The lowest BCUT2D eigenvalue weighted by Gasteiger charge is -2.25. The molecule has 4 atom stereocenters. The molecule has 3 N–H and O–H groups in total. The van der Waals surface area contributed by atoms with E-state index in [1.807, 2.05) is 0 Å². The summed E-state index contributed by atoms with van der Waals surface area (Å²) in [6, 6.07) is 5.45. The molecule has 0 radical (unpaired) electrons. The third-order valence-electron chi connectivity index (χ3n) is 7.15. The molecule has 1 fully saturated rings. The van der Waals surface area contributed by atoms with E-state index < -0.39 is 41.6 Å². The van der Waals surface area contributed by atoms with Crippen LogP contribution < -0.4 is 16.0 Å². The van der Waals surface area contributed by atoms with Crippen LogP contribution in [0.2, 0.25) is 0 Å².